The fraction of sp³-hybridized carbons (Fsp3) is 0.400. The van der Waals surface area contributed by atoms with E-state index in [1.54, 1.807) is 18.0 Å². The topological polar surface area (TPSA) is 64.3 Å². The van der Waals surface area contributed by atoms with Crippen LogP contribution in [0.2, 0.25) is 0 Å². The summed E-state index contributed by atoms with van der Waals surface area (Å²) in [6.07, 6.45) is 2.98. The van der Waals surface area contributed by atoms with Crippen molar-refractivity contribution in [1.29, 1.82) is 0 Å². The zero-order chi connectivity index (χ0) is 16.0. The summed E-state index contributed by atoms with van der Waals surface area (Å²) in [6, 6.07) is 1.61. The molecule has 0 unspecified atom stereocenters. The highest BCUT2D eigenvalue weighted by atomic mass is 32.1. The van der Waals surface area contributed by atoms with E-state index in [0.29, 0.717) is 28.2 Å². The lowest BCUT2D eigenvalue weighted by molar-refractivity contribution is 0.0771. The van der Waals surface area contributed by atoms with Crippen molar-refractivity contribution in [2.45, 2.75) is 13.3 Å². The monoisotopic (exact) mass is 319 g/mol. The number of hydrogen-bond acceptors (Lipinski definition) is 4. The van der Waals surface area contributed by atoms with Crippen LogP contribution in [0.3, 0.4) is 0 Å². The van der Waals surface area contributed by atoms with E-state index in [-0.39, 0.29) is 17.2 Å². The smallest absolute Gasteiger partial charge is 0.331 e. The van der Waals surface area contributed by atoms with Crippen molar-refractivity contribution in [3.63, 3.8) is 0 Å². The molecule has 7 heteroatoms. The van der Waals surface area contributed by atoms with Crippen molar-refractivity contribution >= 4 is 27.5 Å². The number of thiophene rings is 1. The van der Waals surface area contributed by atoms with Gasteiger partial charge in [-0.05, 0) is 19.4 Å². The van der Waals surface area contributed by atoms with Crippen LogP contribution in [-0.4, -0.2) is 33.0 Å². The van der Waals surface area contributed by atoms with Crippen LogP contribution in [0.4, 0.5) is 0 Å². The number of rotatable bonds is 1. The van der Waals surface area contributed by atoms with Gasteiger partial charge < -0.3 is 4.90 Å². The molecular formula is C15H17N3O3S. The molecule has 1 aliphatic heterocycles. The second kappa shape index (κ2) is 5.24. The van der Waals surface area contributed by atoms with E-state index in [1.165, 1.54) is 28.5 Å². The Morgan fingerprint density at radius 3 is 2.64 bits per heavy atom. The Kier molecular flexibility index (Phi) is 3.52. The van der Waals surface area contributed by atoms with Gasteiger partial charge in [0.2, 0.25) is 0 Å². The predicted molar refractivity (Wildman–Crippen MR) is 86.6 cm³/mol. The number of carbonyl (C=O) groups excluding carboxylic acids is 1. The molecule has 2 aromatic rings. The van der Waals surface area contributed by atoms with E-state index >= 15 is 0 Å². The normalized spacial score (nSPS) is 15.2. The third kappa shape index (κ3) is 2.21. The summed E-state index contributed by atoms with van der Waals surface area (Å²) in [5.74, 6) is -0.0804. The van der Waals surface area contributed by atoms with Crippen molar-refractivity contribution in [2.75, 3.05) is 13.1 Å². The number of aromatic nitrogens is 2. The van der Waals surface area contributed by atoms with Gasteiger partial charge >= 0.3 is 5.69 Å². The van der Waals surface area contributed by atoms with Crippen LogP contribution in [0.25, 0.3) is 10.2 Å². The number of amides is 1. The zero-order valence-corrected chi connectivity index (χ0v) is 13.6. The molecule has 0 spiro atoms. The first-order chi connectivity index (χ1) is 10.4. The summed E-state index contributed by atoms with van der Waals surface area (Å²) in [7, 11) is 3.06. The number of aryl methyl sites for hydroxylation is 1. The molecule has 0 bridgehead atoms. The quantitative estimate of drug-likeness (QED) is 0.739. The van der Waals surface area contributed by atoms with Crippen molar-refractivity contribution < 1.29 is 4.79 Å². The van der Waals surface area contributed by atoms with E-state index in [9.17, 15) is 14.4 Å². The van der Waals surface area contributed by atoms with Gasteiger partial charge in [-0.15, -0.1) is 11.3 Å². The maximum absolute atomic E-state index is 12.6. The number of nitrogens with zero attached hydrogens (tertiary/aromatic N) is 3. The van der Waals surface area contributed by atoms with Crippen LogP contribution in [0.1, 0.15) is 23.0 Å². The van der Waals surface area contributed by atoms with Crippen molar-refractivity contribution in [1.82, 2.24) is 14.0 Å². The zero-order valence-electron chi connectivity index (χ0n) is 12.8. The molecule has 3 rings (SSSR count). The minimum absolute atomic E-state index is 0.0804. The lowest BCUT2D eigenvalue weighted by Gasteiger charge is -2.25. The van der Waals surface area contributed by atoms with E-state index in [1.807, 2.05) is 6.92 Å². The molecule has 116 valence electrons. The largest absolute Gasteiger partial charge is 0.334 e. The van der Waals surface area contributed by atoms with E-state index in [0.717, 1.165) is 11.0 Å². The highest BCUT2D eigenvalue weighted by Crippen LogP contribution is 2.24. The Morgan fingerprint density at radius 1 is 1.23 bits per heavy atom. The van der Waals surface area contributed by atoms with Crippen molar-refractivity contribution in [3.8, 4) is 0 Å². The number of carbonyl (C=O) groups is 1. The standard InChI is InChI=1S/C15H17N3O3S/c1-9-5-4-6-18(8-9)13(20)11-7-10-12(19)16(2)15(21)17(3)14(10)22-11/h5,7H,4,6,8H2,1-3H3. The molecule has 2 aromatic heterocycles. The van der Waals surface area contributed by atoms with Gasteiger partial charge in [0.1, 0.15) is 4.83 Å². The van der Waals surface area contributed by atoms with Crippen LogP contribution in [0.15, 0.2) is 27.3 Å². The van der Waals surface area contributed by atoms with E-state index in [4.69, 9.17) is 0 Å². The van der Waals surface area contributed by atoms with Gasteiger partial charge in [0.15, 0.2) is 0 Å². The lowest BCUT2D eigenvalue weighted by atomic mass is 10.1. The average molecular weight is 319 g/mol. The third-order valence-electron chi connectivity index (χ3n) is 3.96. The highest BCUT2D eigenvalue weighted by Gasteiger charge is 2.22. The SMILES string of the molecule is CC1=CCCN(C(=O)c2cc3c(=O)n(C)c(=O)n(C)c3s2)C1. The summed E-state index contributed by atoms with van der Waals surface area (Å²) < 4.78 is 2.48. The Bertz CT molecular complexity index is 916. The summed E-state index contributed by atoms with van der Waals surface area (Å²) in [5, 5.41) is 0.419. The van der Waals surface area contributed by atoms with Crippen molar-refractivity contribution in [2.24, 2.45) is 14.1 Å². The number of hydrogen-bond donors (Lipinski definition) is 0. The van der Waals surface area contributed by atoms with Gasteiger partial charge in [-0.1, -0.05) is 11.6 Å². The first-order valence-corrected chi connectivity index (χ1v) is 7.86. The molecule has 22 heavy (non-hydrogen) atoms. The van der Waals surface area contributed by atoms with Crippen LogP contribution in [-0.2, 0) is 14.1 Å². The summed E-state index contributed by atoms with van der Waals surface area (Å²) in [5.41, 5.74) is 0.433. The minimum atomic E-state index is -0.380. The van der Waals surface area contributed by atoms with Crippen molar-refractivity contribution in [3.05, 3.63) is 43.4 Å². The van der Waals surface area contributed by atoms with Crippen LogP contribution < -0.4 is 11.2 Å². The molecular weight excluding hydrogens is 302 g/mol. The van der Waals surface area contributed by atoms with E-state index < -0.39 is 0 Å². The molecule has 0 aliphatic carbocycles. The molecule has 0 N–H and O–H groups in total. The summed E-state index contributed by atoms with van der Waals surface area (Å²) in [6.45, 7) is 3.30. The highest BCUT2D eigenvalue weighted by molar-refractivity contribution is 7.20. The van der Waals surface area contributed by atoms with Crippen LogP contribution in [0.5, 0.6) is 0 Å². The second-order valence-electron chi connectivity index (χ2n) is 5.60. The Labute approximate surface area is 130 Å². The molecule has 0 aromatic carbocycles. The van der Waals surface area contributed by atoms with Gasteiger partial charge in [0.25, 0.3) is 11.5 Å². The number of fused-ring (bicyclic) bond motifs is 1. The summed E-state index contributed by atoms with van der Waals surface area (Å²) >= 11 is 1.20. The van der Waals surface area contributed by atoms with Gasteiger partial charge in [-0.3, -0.25) is 18.7 Å². The van der Waals surface area contributed by atoms with E-state index in [2.05, 4.69) is 6.08 Å². The minimum Gasteiger partial charge on any atom is -0.334 e. The Balaban J connectivity index is 2.10. The predicted octanol–water partition coefficient (Wildman–Crippen LogP) is 1.09. The van der Waals surface area contributed by atoms with Gasteiger partial charge in [0, 0.05) is 27.2 Å². The fourth-order valence-electron chi connectivity index (χ4n) is 2.71. The first kappa shape index (κ1) is 14.8. The Morgan fingerprint density at radius 2 is 1.95 bits per heavy atom. The molecule has 0 fully saturated rings. The molecule has 0 atom stereocenters. The van der Waals surface area contributed by atoms with Crippen LogP contribution >= 0.6 is 11.3 Å². The molecule has 1 amide bonds. The maximum Gasteiger partial charge on any atom is 0.331 e. The molecule has 0 saturated carbocycles. The molecule has 3 heterocycles. The maximum atomic E-state index is 12.6. The molecule has 6 nitrogen and oxygen atoms in total. The van der Waals surface area contributed by atoms with Gasteiger partial charge in [-0.2, -0.15) is 0 Å². The third-order valence-corrected chi connectivity index (χ3v) is 5.16. The Hall–Kier alpha value is -2.15. The average Bonchev–Trinajstić information content (AvgIpc) is 2.95. The second-order valence-corrected chi connectivity index (χ2v) is 6.63. The first-order valence-electron chi connectivity index (χ1n) is 7.04. The summed E-state index contributed by atoms with van der Waals surface area (Å²) in [4.78, 5) is 39.6. The fourth-order valence-corrected chi connectivity index (χ4v) is 3.78. The van der Waals surface area contributed by atoms with Crippen LogP contribution in [0, 0.1) is 0 Å². The molecule has 0 saturated heterocycles. The molecule has 0 radical (unpaired) electrons. The molecule has 1 aliphatic rings. The lowest BCUT2D eigenvalue weighted by Crippen LogP contribution is -2.36. The van der Waals surface area contributed by atoms with Gasteiger partial charge in [-0.25, -0.2) is 4.79 Å². The van der Waals surface area contributed by atoms with Gasteiger partial charge in [0.05, 0.1) is 10.3 Å².